The van der Waals surface area contributed by atoms with Gasteiger partial charge in [0.2, 0.25) is 0 Å². The number of benzene rings is 1. The minimum Gasteiger partial charge on any atom is -0.324 e. The van der Waals surface area contributed by atoms with Crippen LogP contribution in [0.3, 0.4) is 0 Å². The summed E-state index contributed by atoms with van der Waals surface area (Å²) in [5, 5.41) is 0. The molecule has 33 heavy (non-hydrogen) atoms. The molecule has 1 aromatic rings. The molecule has 1 aromatic carbocycles. The smallest absolute Gasteiger partial charge is 0.286 e. The third-order valence-corrected chi connectivity index (χ3v) is 5.25. The van der Waals surface area contributed by atoms with E-state index in [1.165, 1.54) is 0 Å². The molecule has 1 atom stereocenters. The number of halogens is 4. The quantitative estimate of drug-likeness (QED) is 0.0790. The zero-order valence-electron chi connectivity index (χ0n) is 21.3. The van der Waals surface area contributed by atoms with Crippen molar-refractivity contribution in [2.75, 3.05) is 0 Å². The van der Waals surface area contributed by atoms with Gasteiger partial charge in [-0.2, -0.15) is 0 Å². The molecule has 0 spiro atoms. The number of rotatable bonds is 16. The van der Waals surface area contributed by atoms with Crippen molar-refractivity contribution in [2.45, 2.75) is 124 Å². The molecule has 0 bridgehead atoms. The summed E-state index contributed by atoms with van der Waals surface area (Å²) in [6, 6.07) is 0.715. The molecule has 0 saturated heterocycles. The van der Waals surface area contributed by atoms with Crippen molar-refractivity contribution in [2.24, 2.45) is 5.92 Å². The first-order valence-electron chi connectivity index (χ1n) is 12.3. The van der Waals surface area contributed by atoms with Crippen LogP contribution in [-0.4, -0.2) is 24.3 Å². The fourth-order valence-corrected chi connectivity index (χ4v) is 3.97. The molecule has 3 nitrogen and oxygen atoms in total. The number of unbranched alkanes of at least 4 members (excludes halogenated alkanes) is 5. The summed E-state index contributed by atoms with van der Waals surface area (Å²) in [6.07, 6.45) is 5.75. The van der Waals surface area contributed by atoms with Gasteiger partial charge in [-0.05, 0) is 66.0 Å². The highest BCUT2D eigenvalue weighted by atomic mass is 19.2. The van der Waals surface area contributed by atoms with E-state index < -0.39 is 35.2 Å². The fraction of sp³-hybridized carbons (Fsp3) is 0.769. The molecule has 1 unspecified atom stereocenters. The average molecular weight is 479 g/mol. The predicted octanol–water partition coefficient (Wildman–Crippen LogP) is 8.08. The van der Waals surface area contributed by atoms with E-state index in [4.69, 9.17) is 14.2 Å². The Morgan fingerprint density at radius 3 is 1.67 bits per heavy atom. The molecule has 0 heterocycles. The Bertz CT molecular complexity index is 681. The monoisotopic (exact) mass is 478 g/mol. The average Bonchev–Trinajstić information content (AvgIpc) is 2.70. The largest absolute Gasteiger partial charge is 0.324 e. The Morgan fingerprint density at radius 1 is 0.697 bits per heavy atom. The van der Waals surface area contributed by atoms with Gasteiger partial charge in [-0.1, -0.05) is 45.4 Å². The van der Waals surface area contributed by atoms with E-state index in [1.54, 1.807) is 0 Å². The van der Waals surface area contributed by atoms with E-state index in [-0.39, 0.29) is 30.3 Å². The van der Waals surface area contributed by atoms with Crippen LogP contribution in [0, 0.1) is 29.2 Å². The maximum Gasteiger partial charge on any atom is 0.286 e. The molecule has 0 radical (unpaired) electrons. The third-order valence-electron chi connectivity index (χ3n) is 5.25. The standard InChI is InChI=1S/C26H42F4O3/c1-8-9-10-11-12-13-14-21(15-20-16-22(27)24(29)25(30)23(20)28)26(31-17(2)3,32-18(4)5)33-19(6)7/h16-19,21H,8-15H2,1-7H3. The van der Waals surface area contributed by atoms with Crippen LogP contribution in [0.25, 0.3) is 0 Å². The highest BCUT2D eigenvalue weighted by molar-refractivity contribution is 5.22. The zero-order valence-corrected chi connectivity index (χ0v) is 21.3. The minimum atomic E-state index is -1.81. The van der Waals surface area contributed by atoms with Gasteiger partial charge in [-0.3, -0.25) is 0 Å². The van der Waals surface area contributed by atoms with Gasteiger partial charge in [0.15, 0.2) is 23.3 Å². The summed E-state index contributed by atoms with van der Waals surface area (Å²) in [5.74, 6) is -8.57. The second-order valence-corrected chi connectivity index (χ2v) is 9.52. The summed E-state index contributed by atoms with van der Waals surface area (Å²) in [4.78, 5) is 0. The molecule has 0 aromatic heterocycles. The van der Waals surface area contributed by atoms with Gasteiger partial charge in [0.25, 0.3) is 5.97 Å². The van der Waals surface area contributed by atoms with Gasteiger partial charge >= 0.3 is 0 Å². The summed E-state index contributed by atoms with van der Waals surface area (Å²) in [7, 11) is 0. The first-order valence-corrected chi connectivity index (χ1v) is 12.3. The fourth-order valence-electron chi connectivity index (χ4n) is 3.97. The van der Waals surface area contributed by atoms with Crippen molar-refractivity contribution in [3.05, 3.63) is 34.9 Å². The highest BCUT2D eigenvalue weighted by Crippen LogP contribution is 2.37. The van der Waals surface area contributed by atoms with Gasteiger partial charge in [0.05, 0.1) is 18.3 Å². The number of hydrogen-bond donors (Lipinski definition) is 0. The van der Waals surface area contributed by atoms with Crippen LogP contribution >= 0.6 is 0 Å². The second-order valence-electron chi connectivity index (χ2n) is 9.52. The van der Waals surface area contributed by atoms with Crippen molar-refractivity contribution < 1.29 is 31.8 Å². The third kappa shape index (κ3) is 9.53. The molecule has 0 amide bonds. The van der Waals surface area contributed by atoms with Crippen LogP contribution in [-0.2, 0) is 20.6 Å². The molecule has 0 saturated carbocycles. The lowest BCUT2D eigenvalue weighted by Crippen LogP contribution is -2.51. The lowest BCUT2D eigenvalue weighted by Gasteiger charge is -2.43. The Hall–Kier alpha value is -1.18. The van der Waals surface area contributed by atoms with Crippen molar-refractivity contribution >= 4 is 0 Å². The summed E-state index contributed by atoms with van der Waals surface area (Å²) < 4.78 is 74.6. The first-order chi connectivity index (χ1) is 15.4. The van der Waals surface area contributed by atoms with Crippen LogP contribution in [0.2, 0.25) is 0 Å². The molecular formula is C26H42F4O3. The van der Waals surface area contributed by atoms with Gasteiger partial charge in [-0.15, -0.1) is 0 Å². The predicted molar refractivity (Wildman–Crippen MR) is 123 cm³/mol. The number of hydrogen-bond acceptors (Lipinski definition) is 3. The molecule has 0 aliphatic heterocycles. The second kappa shape index (κ2) is 14.3. The van der Waals surface area contributed by atoms with Crippen LogP contribution in [0.1, 0.15) is 99.0 Å². The summed E-state index contributed by atoms with van der Waals surface area (Å²) in [6.45, 7) is 13.2. The molecule has 0 fully saturated rings. The van der Waals surface area contributed by atoms with Crippen LogP contribution in [0.15, 0.2) is 6.07 Å². The zero-order chi connectivity index (χ0) is 25.2. The van der Waals surface area contributed by atoms with Gasteiger partial charge in [0.1, 0.15) is 0 Å². The van der Waals surface area contributed by atoms with Gasteiger partial charge < -0.3 is 14.2 Å². The summed E-state index contributed by atoms with van der Waals surface area (Å²) in [5.41, 5.74) is -0.265. The van der Waals surface area contributed by atoms with Crippen LogP contribution in [0.4, 0.5) is 17.6 Å². The normalized spacial score (nSPS) is 13.5. The summed E-state index contributed by atoms with van der Waals surface area (Å²) >= 11 is 0. The lowest BCUT2D eigenvalue weighted by atomic mass is 9.90. The van der Waals surface area contributed by atoms with E-state index >= 15 is 0 Å². The van der Waals surface area contributed by atoms with E-state index in [1.807, 2.05) is 41.5 Å². The topological polar surface area (TPSA) is 27.7 Å². The Balaban J connectivity index is 3.36. The molecule has 192 valence electrons. The maximum atomic E-state index is 14.6. The van der Waals surface area contributed by atoms with Crippen LogP contribution < -0.4 is 0 Å². The Labute approximate surface area is 197 Å². The number of ether oxygens (including phenoxy) is 3. The molecule has 0 aliphatic carbocycles. The maximum absolute atomic E-state index is 14.6. The molecular weight excluding hydrogens is 436 g/mol. The Kier molecular flexibility index (Phi) is 12.9. The lowest BCUT2D eigenvalue weighted by molar-refractivity contribution is -0.432. The van der Waals surface area contributed by atoms with E-state index in [9.17, 15) is 17.6 Å². The van der Waals surface area contributed by atoms with E-state index in [2.05, 4.69) is 6.92 Å². The van der Waals surface area contributed by atoms with Crippen molar-refractivity contribution in [3.8, 4) is 0 Å². The molecule has 1 rings (SSSR count). The molecule has 0 aliphatic rings. The van der Waals surface area contributed by atoms with Gasteiger partial charge in [0, 0.05) is 5.92 Å². The van der Waals surface area contributed by atoms with Crippen molar-refractivity contribution in [3.63, 3.8) is 0 Å². The van der Waals surface area contributed by atoms with E-state index in [0.717, 1.165) is 38.5 Å². The van der Waals surface area contributed by atoms with E-state index in [0.29, 0.717) is 12.5 Å². The minimum absolute atomic E-state index is 0.124. The molecule has 0 N–H and O–H groups in total. The van der Waals surface area contributed by atoms with Crippen LogP contribution in [0.5, 0.6) is 0 Å². The molecule has 7 heteroatoms. The van der Waals surface area contributed by atoms with Crippen molar-refractivity contribution in [1.29, 1.82) is 0 Å². The SMILES string of the molecule is CCCCCCCCC(Cc1cc(F)c(F)c(F)c1F)C(OC(C)C)(OC(C)C)OC(C)C. The highest BCUT2D eigenvalue weighted by Gasteiger charge is 2.45. The first kappa shape index (κ1) is 29.9. The Morgan fingerprint density at radius 2 is 1.18 bits per heavy atom. The van der Waals surface area contributed by atoms with Crippen molar-refractivity contribution in [1.82, 2.24) is 0 Å². The van der Waals surface area contributed by atoms with Gasteiger partial charge in [-0.25, -0.2) is 17.6 Å².